The molecule has 0 aliphatic carbocycles. The minimum Gasteiger partial charge on any atom is -0.463 e. The molecule has 1 heterocycles. The van der Waals surface area contributed by atoms with Gasteiger partial charge in [0.15, 0.2) is 0 Å². The van der Waals surface area contributed by atoms with E-state index in [1.165, 1.54) is 5.56 Å². The van der Waals surface area contributed by atoms with Crippen molar-refractivity contribution in [2.24, 2.45) is 4.99 Å². The minimum atomic E-state index is 0.244. The van der Waals surface area contributed by atoms with E-state index in [2.05, 4.69) is 29.4 Å². The molecular weight excluding hydrogens is 176 g/mol. The molecule has 0 bridgehead atoms. The Hall–Kier alpha value is -1.51. The number of amidine groups is 1. The van der Waals surface area contributed by atoms with E-state index >= 15 is 0 Å². The number of benzene rings is 1. The van der Waals surface area contributed by atoms with E-state index in [1.54, 1.807) is 0 Å². The Morgan fingerprint density at radius 2 is 2.14 bits per heavy atom. The maximum atomic E-state index is 5.28. The average molecular weight is 190 g/mol. The molecule has 1 aromatic rings. The lowest BCUT2D eigenvalue weighted by atomic mass is 10.1. The molecule has 2 rings (SSSR count). The van der Waals surface area contributed by atoms with Gasteiger partial charge < -0.3 is 10.1 Å². The van der Waals surface area contributed by atoms with Crippen LogP contribution in [0.25, 0.3) is 0 Å². The summed E-state index contributed by atoms with van der Waals surface area (Å²) >= 11 is 0. The van der Waals surface area contributed by atoms with Gasteiger partial charge in [-0.1, -0.05) is 30.3 Å². The largest absolute Gasteiger partial charge is 0.463 e. The second kappa shape index (κ2) is 4.13. The van der Waals surface area contributed by atoms with E-state index in [0.29, 0.717) is 12.6 Å². The Labute approximate surface area is 83.8 Å². The fourth-order valence-electron chi connectivity index (χ4n) is 1.43. The number of hydrogen-bond donors (Lipinski definition) is 1. The standard InChI is InChI=1S/C11H14N2O/c1-9(10-5-3-2-4-6-10)13-11-12-7-8-14-11/h2-6,9H,7-8H2,1H3,(H,12,13). The van der Waals surface area contributed by atoms with Crippen LogP contribution in [0, 0.1) is 0 Å². The van der Waals surface area contributed by atoms with Gasteiger partial charge in [-0.25, -0.2) is 4.99 Å². The van der Waals surface area contributed by atoms with Crippen molar-refractivity contribution >= 4 is 6.02 Å². The molecule has 0 aromatic heterocycles. The topological polar surface area (TPSA) is 33.6 Å². The second-order valence-corrected chi connectivity index (χ2v) is 3.31. The Bertz CT molecular complexity index is 321. The molecule has 0 radical (unpaired) electrons. The third-order valence-electron chi connectivity index (χ3n) is 2.23. The second-order valence-electron chi connectivity index (χ2n) is 3.31. The number of nitrogens with zero attached hydrogens (tertiary/aromatic N) is 1. The molecule has 1 aromatic carbocycles. The summed E-state index contributed by atoms with van der Waals surface area (Å²) in [5.41, 5.74) is 1.24. The highest BCUT2D eigenvalue weighted by molar-refractivity contribution is 5.75. The highest BCUT2D eigenvalue weighted by atomic mass is 16.5. The molecule has 1 aliphatic heterocycles. The smallest absolute Gasteiger partial charge is 0.285 e. The molecule has 1 N–H and O–H groups in total. The van der Waals surface area contributed by atoms with Crippen LogP contribution >= 0.6 is 0 Å². The molecule has 0 amide bonds. The van der Waals surface area contributed by atoms with Crippen molar-refractivity contribution in [1.29, 1.82) is 0 Å². The van der Waals surface area contributed by atoms with Crippen molar-refractivity contribution < 1.29 is 4.74 Å². The predicted molar refractivity (Wildman–Crippen MR) is 56.2 cm³/mol. The Morgan fingerprint density at radius 3 is 2.79 bits per heavy atom. The van der Waals surface area contributed by atoms with E-state index in [1.807, 2.05) is 18.2 Å². The van der Waals surface area contributed by atoms with Crippen LogP contribution < -0.4 is 5.32 Å². The number of nitrogens with one attached hydrogen (secondary N) is 1. The summed E-state index contributed by atoms with van der Waals surface area (Å²) in [6.07, 6.45) is 0. The SMILES string of the molecule is CC(NC1=NCCO1)c1ccccc1. The van der Waals surface area contributed by atoms with Gasteiger partial charge >= 0.3 is 0 Å². The molecule has 0 saturated carbocycles. The number of aliphatic imine (C=N–C) groups is 1. The van der Waals surface area contributed by atoms with E-state index in [-0.39, 0.29) is 6.04 Å². The summed E-state index contributed by atoms with van der Waals surface area (Å²) in [5.74, 6) is 0. The third-order valence-corrected chi connectivity index (χ3v) is 2.23. The van der Waals surface area contributed by atoms with E-state index in [9.17, 15) is 0 Å². The lowest BCUT2D eigenvalue weighted by molar-refractivity contribution is 0.327. The fraction of sp³-hybridized carbons (Fsp3) is 0.364. The number of ether oxygens (including phenoxy) is 1. The summed E-state index contributed by atoms with van der Waals surface area (Å²) in [4.78, 5) is 4.18. The van der Waals surface area contributed by atoms with Crippen LogP contribution in [0.4, 0.5) is 0 Å². The molecule has 14 heavy (non-hydrogen) atoms. The zero-order chi connectivity index (χ0) is 9.80. The third kappa shape index (κ3) is 2.05. The highest BCUT2D eigenvalue weighted by Crippen LogP contribution is 2.11. The van der Waals surface area contributed by atoms with E-state index < -0.39 is 0 Å². The fourth-order valence-corrected chi connectivity index (χ4v) is 1.43. The van der Waals surface area contributed by atoms with Crippen molar-refractivity contribution in [3.63, 3.8) is 0 Å². The predicted octanol–water partition coefficient (Wildman–Crippen LogP) is 1.72. The molecule has 3 nitrogen and oxygen atoms in total. The zero-order valence-corrected chi connectivity index (χ0v) is 8.23. The van der Waals surface area contributed by atoms with Crippen LogP contribution in [0.15, 0.2) is 35.3 Å². The maximum absolute atomic E-state index is 5.28. The van der Waals surface area contributed by atoms with Crippen molar-refractivity contribution in [2.45, 2.75) is 13.0 Å². The Kier molecular flexibility index (Phi) is 2.68. The Balaban J connectivity index is 1.99. The van der Waals surface area contributed by atoms with Crippen LogP contribution in [0.1, 0.15) is 18.5 Å². The first-order chi connectivity index (χ1) is 6.86. The van der Waals surface area contributed by atoms with Gasteiger partial charge in [-0.05, 0) is 12.5 Å². The van der Waals surface area contributed by atoms with E-state index in [4.69, 9.17) is 4.74 Å². The van der Waals surface area contributed by atoms with Gasteiger partial charge in [0.25, 0.3) is 6.02 Å². The quantitative estimate of drug-likeness (QED) is 0.770. The van der Waals surface area contributed by atoms with Crippen LogP contribution in [0.2, 0.25) is 0 Å². The minimum absolute atomic E-state index is 0.244. The van der Waals surface area contributed by atoms with Crippen molar-refractivity contribution in [3.8, 4) is 0 Å². The molecule has 74 valence electrons. The number of hydrogen-bond acceptors (Lipinski definition) is 3. The summed E-state index contributed by atoms with van der Waals surface area (Å²) in [7, 11) is 0. The maximum Gasteiger partial charge on any atom is 0.285 e. The molecule has 3 heteroatoms. The molecular formula is C11H14N2O. The summed E-state index contributed by atoms with van der Waals surface area (Å²) in [5, 5.41) is 3.22. The van der Waals surface area contributed by atoms with Gasteiger partial charge in [0.05, 0.1) is 12.6 Å². The van der Waals surface area contributed by atoms with Gasteiger partial charge in [0.2, 0.25) is 0 Å². The monoisotopic (exact) mass is 190 g/mol. The van der Waals surface area contributed by atoms with Gasteiger partial charge in [-0.15, -0.1) is 0 Å². The van der Waals surface area contributed by atoms with E-state index in [0.717, 1.165) is 6.54 Å². The van der Waals surface area contributed by atoms with Crippen LogP contribution in [-0.2, 0) is 4.74 Å². The lowest BCUT2D eigenvalue weighted by Crippen LogP contribution is -2.26. The molecule has 1 atom stereocenters. The first kappa shape index (κ1) is 9.06. The van der Waals surface area contributed by atoms with Gasteiger partial charge in [0, 0.05) is 0 Å². The first-order valence-corrected chi connectivity index (χ1v) is 4.85. The summed E-state index contributed by atoms with van der Waals surface area (Å²) < 4.78 is 5.28. The van der Waals surface area contributed by atoms with Gasteiger partial charge in [-0.2, -0.15) is 0 Å². The molecule has 0 spiro atoms. The van der Waals surface area contributed by atoms with Gasteiger partial charge in [0.1, 0.15) is 6.61 Å². The van der Waals surface area contributed by atoms with Gasteiger partial charge in [-0.3, -0.25) is 0 Å². The Morgan fingerprint density at radius 1 is 1.36 bits per heavy atom. The highest BCUT2D eigenvalue weighted by Gasteiger charge is 2.11. The summed E-state index contributed by atoms with van der Waals surface area (Å²) in [6.45, 7) is 3.56. The van der Waals surface area contributed by atoms with Crippen LogP contribution in [-0.4, -0.2) is 19.2 Å². The van der Waals surface area contributed by atoms with Crippen molar-refractivity contribution in [3.05, 3.63) is 35.9 Å². The molecule has 0 saturated heterocycles. The van der Waals surface area contributed by atoms with Crippen LogP contribution in [0.3, 0.4) is 0 Å². The lowest BCUT2D eigenvalue weighted by Gasteiger charge is -2.14. The van der Waals surface area contributed by atoms with Crippen molar-refractivity contribution in [2.75, 3.05) is 13.2 Å². The molecule has 1 aliphatic rings. The van der Waals surface area contributed by atoms with Crippen molar-refractivity contribution in [1.82, 2.24) is 5.32 Å². The normalized spacial score (nSPS) is 17.1. The molecule has 1 unspecified atom stereocenters. The zero-order valence-electron chi connectivity index (χ0n) is 8.23. The van der Waals surface area contributed by atoms with Crippen LogP contribution in [0.5, 0.6) is 0 Å². The molecule has 0 fully saturated rings. The average Bonchev–Trinajstić information content (AvgIpc) is 2.72. The summed E-state index contributed by atoms with van der Waals surface area (Å²) in [6, 6.07) is 11.2. The number of rotatable bonds is 2. The first-order valence-electron chi connectivity index (χ1n) is 4.85.